The van der Waals surface area contributed by atoms with Gasteiger partial charge in [0.05, 0.1) is 0 Å². The number of aromatic nitrogens is 1. The number of hydrogen-bond acceptors (Lipinski definition) is 2. The summed E-state index contributed by atoms with van der Waals surface area (Å²) in [5.74, 6) is 0. The smallest absolute Gasteiger partial charge is 0.260 e. The van der Waals surface area contributed by atoms with Crippen LogP contribution in [0, 0.1) is 0 Å². The Labute approximate surface area is 31.3 Å². The number of hydrogen-bond donors (Lipinski definition) is 0. The van der Waals surface area contributed by atoms with E-state index in [2.05, 4.69) is 0 Å². The van der Waals surface area contributed by atoms with Crippen molar-refractivity contribution in [2.24, 2.45) is 0 Å². The lowest BCUT2D eigenvalue weighted by atomic mass is 11.1. The Balaban J connectivity index is 3.48. The molecule has 0 spiro atoms. The molecule has 0 aliphatic rings. The van der Waals surface area contributed by atoms with E-state index in [0.717, 1.165) is 0 Å². The largest absolute Gasteiger partial charge is 0.350 e. The molecule has 0 aliphatic heterocycles. The summed E-state index contributed by atoms with van der Waals surface area (Å²) in [6, 6.07) is 0. The van der Waals surface area contributed by atoms with Crippen LogP contribution in [-0.2, 0) is 0 Å². The molecule has 1 aromatic heterocycles. The number of rotatable bonds is 0. The molecular weight excluding hydrogens is 89.0 g/mol. The predicted molar refractivity (Wildman–Crippen MR) is 15.8 cm³/mol. The summed E-state index contributed by atoms with van der Waals surface area (Å²) in [5.41, 5.74) is -2.09. The van der Waals surface area contributed by atoms with Crippen LogP contribution in [-0.4, -0.2) is 4.79 Å². The van der Waals surface area contributed by atoms with E-state index in [1.54, 1.807) is 0 Å². The van der Waals surface area contributed by atoms with Crippen molar-refractivity contribution in [1.29, 1.82) is 0 Å². The molecule has 0 aromatic carbocycles. The highest BCUT2D eigenvalue weighted by molar-refractivity contribution is 4.82. The van der Waals surface area contributed by atoms with Crippen molar-refractivity contribution in [3.63, 3.8) is 0 Å². The van der Waals surface area contributed by atoms with E-state index in [1.807, 2.05) is 0 Å². The molecule has 0 fully saturated rings. The lowest BCUT2D eigenvalue weighted by molar-refractivity contribution is 0.398. The maximum atomic E-state index is 11.0. The Hall–Kier alpha value is -0.930. The minimum absolute atomic E-state index is 0.444. The Bertz CT molecular complexity index is 193. The zero-order valence-corrected chi connectivity index (χ0v) is 2.64. The highest BCUT2D eigenvalue weighted by atomic mass is 19.2. The van der Waals surface area contributed by atoms with Gasteiger partial charge in [-0.3, -0.25) is 9.59 Å². The molecule has 6 heavy (non-hydrogen) atoms. The van der Waals surface area contributed by atoms with Crippen molar-refractivity contribution in [3.8, 4) is 0 Å². The first-order chi connectivity index (χ1) is 2.73. The SMILES string of the molecule is O=c1c(=O)n1F. The summed E-state index contributed by atoms with van der Waals surface area (Å²) < 4.78 is 11.0. The van der Waals surface area contributed by atoms with Crippen molar-refractivity contribution in [1.82, 2.24) is 4.79 Å². The second-order valence-corrected chi connectivity index (χ2v) is 0.891. The highest BCUT2D eigenvalue weighted by Gasteiger charge is 2.13. The van der Waals surface area contributed by atoms with Crippen molar-refractivity contribution in [3.05, 3.63) is 20.7 Å². The highest BCUT2D eigenvalue weighted by Crippen LogP contribution is 1.60. The molecule has 0 saturated heterocycles. The molecule has 0 aliphatic carbocycles. The second-order valence-electron chi connectivity index (χ2n) is 0.891. The van der Waals surface area contributed by atoms with Crippen LogP contribution >= 0.6 is 0 Å². The fourth-order valence-corrected chi connectivity index (χ4v) is 0.118. The predicted octanol–water partition coefficient (Wildman–Crippen LogP) is -1.18. The Morgan fingerprint density at radius 3 is 1.50 bits per heavy atom. The molecule has 0 bridgehead atoms. The molecule has 3 nitrogen and oxygen atoms in total. The molecule has 0 unspecified atom stereocenters. The fourth-order valence-electron chi connectivity index (χ4n) is 0.118. The van der Waals surface area contributed by atoms with Crippen LogP contribution in [0.15, 0.2) is 9.59 Å². The van der Waals surface area contributed by atoms with Gasteiger partial charge in [0.25, 0.3) is 0 Å². The van der Waals surface area contributed by atoms with Gasteiger partial charge in [0, 0.05) is 0 Å². The average Bonchev–Trinajstić information content (AvgIpc) is 1.94. The van der Waals surface area contributed by atoms with E-state index in [0.29, 0.717) is 0 Å². The minimum Gasteiger partial charge on any atom is -0.260 e. The molecule has 32 valence electrons. The quantitative estimate of drug-likeness (QED) is 0.375. The molecule has 1 heterocycles. The van der Waals surface area contributed by atoms with Crippen molar-refractivity contribution in [2.75, 3.05) is 0 Å². The van der Waals surface area contributed by atoms with Crippen molar-refractivity contribution < 1.29 is 4.48 Å². The Morgan fingerprint density at radius 1 is 1.33 bits per heavy atom. The first-order valence-electron chi connectivity index (χ1n) is 1.27. The zero-order chi connectivity index (χ0) is 4.73. The third kappa shape index (κ3) is 0.160. The van der Waals surface area contributed by atoms with Crippen molar-refractivity contribution in [2.45, 2.75) is 0 Å². The van der Waals surface area contributed by atoms with Gasteiger partial charge < -0.3 is 0 Å². The minimum atomic E-state index is -1.05. The van der Waals surface area contributed by atoms with Crippen LogP contribution in [0.5, 0.6) is 0 Å². The molecular formula is C2FNO2. The summed E-state index contributed by atoms with van der Waals surface area (Å²) in [4.78, 5) is 18.4. The van der Waals surface area contributed by atoms with Gasteiger partial charge in [-0.05, 0) is 0 Å². The maximum Gasteiger partial charge on any atom is 0.350 e. The standard InChI is InChI=1S/C2FNO2/c3-4-1(5)2(4)6. The molecule has 1 rings (SSSR count). The van der Waals surface area contributed by atoms with Crippen LogP contribution in [0.2, 0.25) is 0 Å². The Morgan fingerprint density at radius 2 is 1.50 bits per heavy atom. The lowest BCUT2D eigenvalue weighted by Crippen LogP contribution is -1.88. The summed E-state index contributed by atoms with van der Waals surface area (Å²) in [7, 11) is 0. The van der Waals surface area contributed by atoms with Crippen LogP contribution in [0.3, 0.4) is 0 Å². The third-order valence-electron chi connectivity index (χ3n) is 0.490. The summed E-state index contributed by atoms with van der Waals surface area (Å²) in [6.07, 6.45) is 0. The van der Waals surface area contributed by atoms with E-state index in [4.69, 9.17) is 0 Å². The lowest BCUT2D eigenvalue weighted by Gasteiger charge is -1.44. The molecule has 1 aromatic rings. The first kappa shape index (κ1) is 3.27. The van der Waals surface area contributed by atoms with Gasteiger partial charge in [0.2, 0.25) is 0 Å². The van der Waals surface area contributed by atoms with Crippen molar-refractivity contribution >= 4 is 0 Å². The molecule has 0 radical (unpaired) electrons. The van der Waals surface area contributed by atoms with Gasteiger partial charge in [0.15, 0.2) is 0 Å². The van der Waals surface area contributed by atoms with Gasteiger partial charge in [-0.2, -0.15) is 0 Å². The van der Waals surface area contributed by atoms with Gasteiger partial charge in [-0.15, -0.1) is 0 Å². The molecule has 4 heteroatoms. The van der Waals surface area contributed by atoms with Gasteiger partial charge >= 0.3 is 11.1 Å². The zero-order valence-electron chi connectivity index (χ0n) is 2.64. The topological polar surface area (TPSA) is 39.1 Å². The van der Waals surface area contributed by atoms with E-state index in [9.17, 15) is 14.1 Å². The second kappa shape index (κ2) is 0.589. The molecule has 0 atom stereocenters. The van der Waals surface area contributed by atoms with E-state index < -0.39 is 15.9 Å². The molecule has 0 amide bonds. The van der Waals surface area contributed by atoms with Gasteiger partial charge in [0.1, 0.15) is 0 Å². The first-order valence-corrected chi connectivity index (χ1v) is 1.27. The van der Waals surface area contributed by atoms with E-state index in [1.165, 1.54) is 0 Å². The van der Waals surface area contributed by atoms with E-state index >= 15 is 0 Å². The normalized spacial score (nSPS) is 10.2. The molecule has 0 N–H and O–H groups in total. The Kier molecular flexibility index (Phi) is 0.321. The average molecular weight is 89.0 g/mol. The van der Waals surface area contributed by atoms with Gasteiger partial charge in [-0.25, -0.2) is 0 Å². The van der Waals surface area contributed by atoms with Gasteiger partial charge in [-0.1, -0.05) is 9.27 Å². The van der Waals surface area contributed by atoms with Crippen LogP contribution in [0.1, 0.15) is 0 Å². The number of halogens is 1. The summed E-state index contributed by atoms with van der Waals surface area (Å²) in [5, 5.41) is 0. The fraction of sp³-hybridized carbons (Fsp3) is 0. The van der Waals surface area contributed by atoms with Crippen LogP contribution in [0.25, 0.3) is 0 Å². The monoisotopic (exact) mass is 89.0 g/mol. The van der Waals surface area contributed by atoms with Crippen LogP contribution in [0.4, 0.5) is 4.48 Å². The van der Waals surface area contributed by atoms with E-state index in [-0.39, 0.29) is 0 Å². The third-order valence-corrected chi connectivity index (χ3v) is 0.490. The summed E-state index contributed by atoms with van der Waals surface area (Å²) in [6.45, 7) is 0. The maximum absolute atomic E-state index is 11.0. The van der Waals surface area contributed by atoms with Crippen LogP contribution < -0.4 is 11.1 Å². The molecule has 0 saturated carbocycles. The summed E-state index contributed by atoms with van der Waals surface area (Å²) >= 11 is 0. The number of nitrogens with zero attached hydrogens (tertiary/aromatic N) is 1.